The summed E-state index contributed by atoms with van der Waals surface area (Å²) in [4.78, 5) is 30.0. The van der Waals surface area contributed by atoms with E-state index >= 15 is 0 Å². The Balaban J connectivity index is 1.81. The number of hydrogen-bond acceptors (Lipinski definition) is 4. The molecule has 0 radical (unpaired) electrons. The van der Waals surface area contributed by atoms with E-state index in [0.29, 0.717) is 22.8 Å². The summed E-state index contributed by atoms with van der Waals surface area (Å²) in [5.74, 6) is -0.811. The molecule has 0 aliphatic heterocycles. The first-order valence-electron chi connectivity index (χ1n) is 15.1. The molecule has 0 saturated carbocycles. The van der Waals surface area contributed by atoms with E-state index in [-0.39, 0.29) is 23.8 Å². The van der Waals surface area contributed by atoms with Gasteiger partial charge >= 0.3 is 0 Å². The zero-order valence-corrected chi connectivity index (χ0v) is 27.5. The molecule has 0 spiro atoms. The van der Waals surface area contributed by atoms with Gasteiger partial charge in [0.2, 0.25) is 11.8 Å². The molecule has 1 N–H and O–H groups in total. The molecule has 0 unspecified atom stereocenters. The number of carbonyl (C=O) groups is 2. The summed E-state index contributed by atoms with van der Waals surface area (Å²) >= 11 is 6.32. The Labute approximate surface area is 271 Å². The van der Waals surface area contributed by atoms with Crippen molar-refractivity contribution in [2.24, 2.45) is 0 Å². The number of nitrogens with zero attached hydrogens (tertiary/aromatic N) is 2. The molecule has 1 atom stereocenters. The topological polar surface area (TPSA) is 86.8 Å². The first kappa shape index (κ1) is 33.7. The van der Waals surface area contributed by atoms with E-state index < -0.39 is 28.5 Å². The van der Waals surface area contributed by atoms with Crippen LogP contribution in [0.1, 0.15) is 42.0 Å². The summed E-state index contributed by atoms with van der Waals surface area (Å²) in [5.41, 5.74) is 3.55. The molecule has 0 fully saturated rings. The summed E-state index contributed by atoms with van der Waals surface area (Å²) in [5, 5.41) is 3.50. The smallest absolute Gasteiger partial charge is 0.264 e. The Morgan fingerprint density at radius 1 is 0.844 bits per heavy atom. The number of rotatable bonds is 14. The van der Waals surface area contributed by atoms with Crippen molar-refractivity contribution in [2.45, 2.75) is 57.5 Å². The Hall–Kier alpha value is -4.14. The SMILES string of the molecule is CCCCNC(=O)[C@H](Cc1ccccc1)N(Cc1cccc(Cl)c1)C(=O)CN(c1cc(C)ccc1C)S(=O)(=O)c1ccccc1. The van der Waals surface area contributed by atoms with Crippen LogP contribution in [0.5, 0.6) is 0 Å². The van der Waals surface area contributed by atoms with E-state index in [1.165, 1.54) is 17.0 Å². The van der Waals surface area contributed by atoms with Gasteiger partial charge in [-0.15, -0.1) is 0 Å². The molecule has 4 aromatic rings. The lowest BCUT2D eigenvalue weighted by molar-refractivity contribution is -0.140. The van der Waals surface area contributed by atoms with Crippen LogP contribution in [0.4, 0.5) is 5.69 Å². The van der Waals surface area contributed by atoms with Gasteiger partial charge in [0.15, 0.2) is 0 Å². The molecule has 0 heterocycles. The van der Waals surface area contributed by atoms with E-state index in [1.54, 1.807) is 42.5 Å². The minimum Gasteiger partial charge on any atom is -0.354 e. The molecule has 236 valence electrons. The molecular weight excluding hydrogens is 606 g/mol. The Bertz CT molecular complexity index is 1700. The highest BCUT2D eigenvalue weighted by atomic mass is 35.5. The summed E-state index contributed by atoms with van der Waals surface area (Å²) in [6, 6.07) is 29.3. The average molecular weight is 646 g/mol. The number of anilines is 1. The van der Waals surface area contributed by atoms with Gasteiger partial charge in [-0.2, -0.15) is 0 Å². The van der Waals surface area contributed by atoms with Crippen LogP contribution >= 0.6 is 11.6 Å². The zero-order valence-electron chi connectivity index (χ0n) is 25.9. The largest absolute Gasteiger partial charge is 0.354 e. The van der Waals surface area contributed by atoms with Crippen molar-refractivity contribution in [3.8, 4) is 0 Å². The molecule has 0 bridgehead atoms. The fourth-order valence-corrected chi connectivity index (χ4v) is 6.82. The van der Waals surface area contributed by atoms with Crippen LogP contribution in [-0.2, 0) is 32.6 Å². The molecule has 0 saturated heterocycles. The van der Waals surface area contributed by atoms with E-state index in [2.05, 4.69) is 5.32 Å². The van der Waals surface area contributed by atoms with Gasteiger partial charge in [0.1, 0.15) is 12.6 Å². The molecule has 45 heavy (non-hydrogen) atoms. The molecule has 0 aliphatic rings. The second-order valence-corrected chi connectivity index (χ2v) is 13.4. The predicted molar refractivity (Wildman–Crippen MR) is 181 cm³/mol. The third-order valence-electron chi connectivity index (χ3n) is 7.59. The first-order chi connectivity index (χ1) is 21.6. The molecule has 0 aliphatic carbocycles. The van der Waals surface area contributed by atoms with E-state index in [4.69, 9.17) is 11.6 Å². The quantitative estimate of drug-likeness (QED) is 0.155. The van der Waals surface area contributed by atoms with E-state index in [9.17, 15) is 18.0 Å². The minimum atomic E-state index is -4.16. The van der Waals surface area contributed by atoms with Gasteiger partial charge in [-0.25, -0.2) is 8.42 Å². The predicted octanol–water partition coefficient (Wildman–Crippen LogP) is 6.71. The van der Waals surface area contributed by atoms with Crippen LogP contribution in [0.3, 0.4) is 0 Å². The lowest BCUT2D eigenvalue weighted by Gasteiger charge is -2.34. The standard InChI is InChI=1S/C36H40ClN3O4S/c1-4-5-21-38-36(42)34(24-29-13-8-6-9-14-29)39(25-30-15-12-16-31(37)23-30)35(41)26-40(33-22-27(2)19-20-28(33)3)45(43,44)32-17-10-7-11-18-32/h6-20,22-23,34H,4-5,21,24-26H2,1-3H3,(H,38,42)/t34-/m0/s1. The number of sulfonamides is 1. The Kier molecular flexibility index (Phi) is 11.8. The van der Waals surface area contributed by atoms with Gasteiger partial charge in [-0.3, -0.25) is 13.9 Å². The molecule has 2 amide bonds. The maximum absolute atomic E-state index is 14.6. The van der Waals surface area contributed by atoms with Crippen molar-refractivity contribution in [3.63, 3.8) is 0 Å². The van der Waals surface area contributed by atoms with Crippen molar-refractivity contribution in [2.75, 3.05) is 17.4 Å². The molecule has 4 aromatic carbocycles. The van der Waals surface area contributed by atoms with Crippen molar-refractivity contribution < 1.29 is 18.0 Å². The Morgan fingerprint density at radius 3 is 2.18 bits per heavy atom. The maximum Gasteiger partial charge on any atom is 0.264 e. The Morgan fingerprint density at radius 2 is 1.51 bits per heavy atom. The van der Waals surface area contributed by atoms with Crippen LogP contribution in [0.2, 0.25) is 5.02 Å². The van der Waals surface area contributed by atoms with Crippen LogP contribution in [0, 0.1) is 13.8 Å². The maximum atomic E-state index is 14.6. The third-order valence-corrected chi connectivity index (χ3v) is 9.60. The van der Waals surface area contributed by atoms with Crippen LogP contribution in [0.15, 0.2) is 108 Å². The van der Waals surface area contributed by atoms with Gasteiger partial charge < -0.3 is 10.2 Å². The third kappa shape index (κ3) is 8.96. The van der Waals surface area contributed by atoms with E-state index in [1.807, 2.05) is 69.3 Å². The summed E-state index contributed by atoms with van der Waals surface area (Å²) in [7, 11) is -4.16. The van der Waals surface area contributed by atoms with Crippen LogP contribution in [0.25, 0.3) is 0 Å². The van der Waals surface area contributed by atoms with Gasteiger partial charge in [0.25, 0.3) is 10.0 Å². The molecular formula is C36H40ClN3O4S. The van der Waals surface area contributed by atoms with Crippen molar-refractivity contribution in [1.29, 1.82) is 0 Å². The fraction of sp³-hybridized carbons (Fsp3) is 0.278. The average Bonchev–Trinajstić information content (AvgIpc) is 3.03. The number of halogens is 1. The zero-order chi connectivity index (χ0) is 32.4. The second kappa shape index (κ2) is 15.7. The summed E-state index contributed by atoms with van der Waals surface area (Å²) < 4.78 is 29.5. The van der Waals surface area contributed by atoms with Gasteiger partial charge in [-0.1, -0.05) is 97.7 Å². The van der Waals surface area contributed by atoms with Crippen LogP contribution < -0.4 is 9.62 Å². The van der Waals surface area contributed by atoms with Gasteiger partial charge in [-0.05, 0) is 72.9 Å². The van der Waals surface area contributed by atoms with Gasteiger partial charge in [0, 0.05) is 24.5 Å². The highest BCUT2D eigenvalue weighted by Gasteiger charge is 2.35. The second-order valence-electron chi connectivity index (χ2n) is 11.1. The number of hydrogen-bond donors (Lipinski definition) is 1. The number of carbonyl (C=O) groups excluding carboxylic acids is 2. The molecule has 9 heteroatoms. The first-order valence-corrected chi connectivity index (χ1v) is 16.9. The monoisotopic (exact) mass is 645 g/mol. The minimum absolute atomic E-state index is 0.0596. The van der Waals surface area contributed by atoms with E-state index in [0.717, 1.165) is 33.8 Å². The van der Waals surface area contributed by atoms with Crippen molar-refractivity contribution in [1.82, 2.24) is 10.2 Å². The molecule has 7 nitrogen and oxygen atoms in total. The lowest BCUT2D eigenvalue weighted by atomic mass is 10.0. The highest BCUT2D eigenvalue weighted by Crippen LogP contribution is 2.29. The van der Waals surface area contributed by atoms with Gasteiger partial charge in [0.05, 0.1) is 10.6 Å². The highest BCUT2D eigenvalue weighted by molar-refractivity contribution is 7.92. The number of unbranched alkanes of at least 4 members (excludes halogenated alkanes) is 1. The number of benzene rings is 4. The number of aryl methyl sites for hydroxylation is 2. The number of nitrogens with one attached hydrogen (secondary N) is 1. The molecule has 4 rings (SSSR count). The van der Waals surface area contributed by atoms with Crippen molar-refractivity contribution >= 4 is 39.1 Å². The number of amides is 2. The van der Waals surface area contributed by atoms with Crippen molar-refractivity contribution in [3.05, 3.63) is 130 Å². The molecule has 0 aromatic heterocycles. The summed E-state index contributed by atoms with van der Waals surface area (Å²) in [6.07, 6.45) is 1.94. The normalized spacial score (nSPS) is 11.9. The van der Waals surface area contributed by atoms with Crippen LogP contribution in [-0.4, -0.2) is 44.3 Å². The fourth-order valence-electron chi connectivity index (χ4n) is 5.11. The lowest BCUT2D eigenvalue weighted by Crippen LogP contribution is -2.53. The summed E-state index contributed by atoms with van der Waals surface area (Å²) in [6.45, 7) is 5.75.